The van der Waals surface area contributed by atoms with E-state index in [1.54, 1.807) is 0 Å². The van der Waals surface area contributed by atoms with Crippen molar-refractivity contribution in [2.75, 3.05) is 13.2 Å². The second kappa shape index (κ2) is 20.9. The molecule has 2 bridgehead atoms. The van der Waals surface area contributed by atoms with Gasteiger partial charge in [-0.1, -0.05) is 43.6 Å². The molecule has 0 aliphatic carbocycles. The Balaban J connectivity index is 1.83. The Bertz CT molecular complexity index is 1050. The molecule has 4 aliphatic rings. The van der Waals surface area contributed by atoms with E-state index in [-0.39, 0.29) is 13.0 Å². The third-order valence-corrected chi connectivity index (χ3v) is 8.45. The summed E-state index contributed by atoms with van der Waals surface area (Å²) in [6.45, 7) is 3.37. The van der Waals surface area contributed by atoms with Crippen molar-refractivity contribution in [3.8, 4) is 0 Å². The number of hydrogen-bond acceptors (Lipinski definition) is 14. The van der Waals surface area contributed by atoms with Gasteiger partial charge in [-0.2, -0.15) is 0 Å². The molecule has 4 aliphatic heterocycles. The van der Waals surface area contributed by atoms with Crippen molar-refractivity contribution < 1.29 is 68.0 Å². The van der Waals surface area contributed by atoms with Crippen LogP contribution < -0.4 is 0 Å². The van der Waals surface area contributed by atoms with Gasteiger partial charge in [-0.05, 0) is 51.9 Å². The second-order valence-corrected chi connectivity index (χ2v) is 12.6. The fourth-order valence-electron chi connectivity index (χ4n) is 5.75. The summed E-state index contributed by atoms with van der Waals surface area (Å²) in [6, 6.07) is 0. The number of esters is 3. The zero-order valence-corrected chi connectivity index (χ0v) is 28.2. The van der Waals surface area contributed by atoms with Crippen LogP contribution in [-0.4, -0.2) is 119 Å². The molecule has 0 radical (unpaired) electrons. The van der Waals surface area contributed by atoms with E-state index in [1.165, 1.54) is 13.8 Å². The van der Waals surface area contributed by atoms with E-state index in [0.29, 0.717) is 12.8 Å². The summed E-state index contributed by atoms with van der Waals surface area (Å²) in [4.78, 5) is 35.8. The molecule has 2 fully saturated rings. The molecular formula is C34H54O14. The molecule has 4 heterocycles. The van der Waals surface area contributed by atoms with Gasteiger partial charge in [0.25, 0.3) is 0 Å². The number of rotatable bonds is 4. The van der Waals surface area contributed by atoms with Gasteiger partial charge < -0.3 is 53.6 Å². The number of ether oxygens (including phenoxy) is 7. The van der Waals surface area contributed by atoms with Crippen LogP contribution in [-0.2, 0) is 47.5 Å². The average Bonchev–Trinajstić information content (AvgIpc) is 3.03. The van der Waals surface area contributed by atoms with Crippen molar-refractivity contribution in [3.05, 3.63) is 24.3 Å². The van der Waals surface area contributed by atoms with Crippen LogP contribution in [0, 0.1) is 0 Å². The van der Waals surface area contributed by atoms with Crippen LogP contribution >= 0.6 is 0 Å². The summed E-state index contributed by atoms with van der Waals surface area (Å²) in [5.41, 5.74) is 0. The zero-order valence-electron chi connectivity index (χ0n) is 28.2. The van der Waals surface area contributed by atoms with Crippen LogP contribution in [0.1, 0.15) is 91.4 Å². The van der Waals surface area contributed by atoms with E-state index in [9.17, 15) is 34.8 Å². The number of hydrogen-bond donors (Lipinski definition) is 4. The maximum Gasteiger partial charge on any atom is 0.306 e. The molecule has 14 nitrogen and oxygen atoms in total. The third-order valence-electron chi connectivity index (χ3n) is 8.45. The first-order valence-corrected chi connectivity index (χ1v) is 17.1. The van der Waals surface area contributed by atoms with E-state index in [4.69, 9.17) is 33.2 Å². The summed E-state index contributed by atoms with van der Waals surface area (Å²) in [6.07, 6.45) is 1.67. The van der Waals surface area contributed by atoms with E-state index in [0.717, 1.165) is 51.4 Å². The van der Waals surface area contributed by atoms with Crippen molar-refractivity contribution >= 4 is 17.9 Å². The lowest BCUT2D eigenvalue weighted by Gasteiger charge is -2.47. The van der Waals surface area contributed by atoms with Gasteiger partial charge in [0.1, 0.15) is 55.9 Å². The summed E-state index contributed by atoms with van der Waals surface area (Å²) in [5.74, 6) is -1.88. The molecular weight excluding hydrogens is 632 g/mol. The summed E-state index contributed by atoms with van der Waals surface area (Å²) < 4.78 is 39.5. The number of aliphatic hydroxyl groups excluding tert-OH is 4. The highest BCUT2D eigenvalue weighted by Gasteiger charge is 2.52. The molecule has 14 heteroatoms. The molecule has 274 valence electrons. The van der Waals surface area contributed by atoms with Gasteiger partial charge in [0, 0.05) is 20.3 Å². The molecule has 4 N–H and O–H groups in total. The molecule has 11 atom stereocenters. The Morgan fingerprint density at radius 3 is 1.96 bits per heavy atom. The molecule has 4 rings (SSSR count). The Morgan fingerprint density at radius 1 is 0.688 bits per heavy atom. The van der Waals surface area contributed by atoms with Crippen molar-refractivity contribution in [2.45, 2.75) is 159 Å². The highest BCUT2D eigenvalue weighted by Crippen LogP contribution is 2.32. The SMILES string of the molecule is CC(=O)OCC1OC2OC(C)CCCC=CCC=CCCCCCCCC(=O)OC3C(COC(C)=O)OC(OC2C(O)C1O)C(O)C3O. The maximum atomic E-state index is 12.7. The molecule has 0 aromatic carbocycles. The Morgan fingerprint density at radius 2 is 1.27 bits per heavy atom. The van der Waals surface area contributed by atoms with Crippen molar-refractivity contribution in [2.24, 2.45) is 0 Å². The largest absolute Gasteiger partial charge is 0.463 e. The van der Waals surface area contributed by atoms with Crippen LogP contribution in [0.2, 0.25) is 0 Å². The van der Waals surface area contributed by atoms with Crippen LogP contribution in [0.25, 0.3) is 0 Å². The minimum atomic E-state index is -1.79. The first-order valence-electron chi connectivity index (χ1n) is 17.1. The van der Waals surface area contributed by atoms with Crippen molar-refractivity contribution in [3.63, 3.8) is 0 Å². The molecule has 11 unspecified atom stereocenters. The lowest BCUT2D eigenvalue weighted by molar-refractivity contribution is -0.371. The lowest BCUT2D eigenvalue weighted by atomic mass is 9.97. The normalized spacial score (nSPS) is 36.8. The van der Waals surface area contributed by atoms with E-state index < -0.39 is 92.0 Å². The minimum absolute atomic E-state index is 0.0843. The predicted octanol–water partition coefficient (Wildman–Crippen LogP) is 2.13. The second-order valence-electron chi connectivity index (χ2n) is 12.6. The first-order chi connectivity index (χ1) is 23.0. The van der Waals surface area contributed by atoms with Gasteiger partial charge in [-0.3, -0.25) is 14.4 Å². The Hall–Kier alpha value is -2.43. The molecule has 2 saturated heterocycles. The molecule has 0 amide bonds. The predicted molar refractivity (Wildman–Crippen MR) is 169 cm³/mol. The molecule has 48 heavy (non-hydrogen) atoms. The topological polar surface area (TPSA) is 197 Å². The van der Waals surface area contributed by atoms with E-state index >= 15 is 0 Å². The van der Waals surface area contributed by atoms with Crippen LogP contribution in [0.3, 0.4) is 0 Å². The van der Waals surface area contributed by atoms with Gasteiger partial charge in [0.05, 0.1) is 6.10 Å². The third kappa shape index (κ3) is 13.1. The molecule has 0 aromatic rings. The van der Waals surface area contributed by atoms with Gasteiger partial charge in [-0.15, -0.1) is 0 Å². The zero-order chi connectivity index (χ0) is 35.1. The summed E-state index contributed by atoms with van der Waals surface area (Å²) >= 11 is 0. The Kier molecular flexibility index (Phi) is 17.4. The van der Waals surface area contributed by atoms with Gasteiger partial charge >= 0.3 is 17.9 Å². The fourth-order valence-corrected chi connectivity index (χ4v) is 5.75. The van der Waals surface area contributed by atoms with Crippen LogP contribution in [0.5, 0.6) is 0 Å². The van der Waals surface area contributed by atoms with Gasteiger partial charge in [-0.25, -0.2) is 0 Å². The molecule has 0 aromatic heterocycles. The fraction of sp³-hybridized carbons (Fsp3) is 0.794. The average molecular weight is 687 g/mol. The van der Waals surface area contributed by atoms with Crippen LogP contribution in [0.15, 0.2) is 24.3 Å². The monoisotopic (exact) mass is 686 g/mol. The highest BCUT2D eigenvalue weighted by molar-refractivity contribution is 5.69. The highest BCUT2D eigenvalue weighted by atomic mass is 16.8. The maximum absolute atomic E-state index is 12.7. The number of carbonyl (C=O) groups is 3. The molecule has 0 saturated carbocycles. The lowest BCUT2D eigenvalue weighted by Crippen LogP contribution is -2.65. The first kappa shape index (κ1) is 40.0. The smallest absolute Gasteiger partial charge is 0.306 e. The molecule has 0 spiro atoms. The quantitative estimate of drug-likeness (QED) is 0.191. The van der Waals surface area contributed by atoms with Crippen molar-refractivity contribution in [1.29, 1.82) is 0 Å². The minimum Gasteiger partial charge on any atom is -0.463 e. The summed E-state index contributed by atoms with van der Waals surface area (Å²) in [5, 5.41) is 44.2. The van der Waals surface area contributed by atoms with Crippen molar-refractivity contribution in [1.82, 2.24) is 0 Å². The Labute approximate surface area is 282 Å². The standard InChI is InChI=1S/C34H54O14/c1-21-17-15-13-11-9-7-5-4-6-8-10-12-14-16-18-26(37)47-31-25(20-43-23(3)36)46-33(30(41)29(31)40)48-32-28(39)27(38)24(19-42-22(2)35)45-34(32)44-21/h4-5,9,11,21,24-25,27-34,38-41H,6-8,10,12-20H2,1-3H3. The van der Waals surface area contributed by atoms with Gasteiger partial charge in [0.2, 0.25) is 0 Å². The number of aliphatic hydroxyl groups is 4. The van der Waals surface area contributed by atoms with E-state index in [1.807, 2.05) is 6.92 Å². The van der Waals surface area contributed by atoms with Gasteiger partial charge in [0.15, 0.2) is 18.7 Å². The number of allylic oxidation sites excluding steroid dienone is 4. The van der Waals surface area contributed by atoms with E-state index in [2.05, 4.69) is 24.3 Å². The van der Waals surface area contributed by atoms with Crippen LogP contribution in [0.4, 0.5) is 0 Å². The number of carbonyl (C=O) groups excluding carboxylic acids is 3. The number of fused-ring (bicyclic) bond motifs is 18. The summed E-state index contributed by atoms with van der Waals surface area (Å²) in [7, 11) is 0.